The Hall–Kier alpha value is -2.74. The molecule has 1 amide bonds. The van der Waals surface area contributed by atoms with Gasteiger partial charge in [0.2, 0.25) is 6.41 Å². The smallest absolute Gasteiger partial charge is 0.268 e. The van der Waals surface area contributed by atoms with Crippen LogP contribution in [-0.2, 0) is 17.9 Å². The number of amides is 1. The predicted octanol–water partition coefficient (Wildman–Crippen LogP) is 5.43. The molecule has 0 bridgehead atoms. The van der Waals surface area contributed by atoms with Crippen molar-refractivity contribution in [1.82, 2.24) is 4.57 Å². The van der Waals surface area contributed by atoms with E-state index >= 15 is 0 Å². The number of aryl methyl sites for hydroxylation is 1. The molecule has 1 aromatic heterocycles. The number of halogens is 3. The lowest BCUT2D eigenvalue weighted by molar-refractivity contribution is -0.106. The molecule has 0 aliphatic carbocycles. The number of primary amides is 1. The number of nitrogens with zero attached hydrogens (tertiary/aromatic N) is 1. The van der Waals surface area contributed by atoms with Crippen molar-refractivity contribution < 1.29 is 18.3 Å². The van der Waals surface area contributed by atoms with Gasteiger partial charge in [0.05, 0.1) is 0 Å². The second-order valence-electron chi connectivity index (χ2n) is 5.82. The fraction of sp³-hybridized carbons (Fsp3) is 0.304. The Kier molecular flexibility index (Phi) is 14.6. The fourth-order valence-corrected chi connectivity index (χ4v) is 2.82. The molecule has 2 aromatic rings. The summed E-state index contributed by atoms with van der Waals surface area (Å²) in [6, 6.07) is 5.02. The first kappa shape index (κ1) is 28.3. The molecule has 0 aliphatic heterocycles. The van der Waals surface area contributed by atoms with E-state index in [1.54, 1.807) is 10.6 Å². The molecule has 0 fully saturated rings. The van der Waals surface area contributed by atoms with Crippen molar-refractivity contribution in [2.75, 3.05) is 0 Å². The second kappa shape index (κ2) is 16.0. The van der Waals surface area contributed by atoms with Gasteiger partial charge in [0.1, 0.15) is 28.5 Å². The Balaban J connectivity index is 0.00000165. The Morgan fingerprint density at radius 3 is 2.42 bits per heavy atom. The minimum atomic E-state index is -0.681. The molecule has 0 saturated carbocycles. The van der Waals surface area contributed by atoms with Gasteiger partial charge < -0.3 is 15.0 Å². The van der Waals surface area contributed by atoms with Crippen molar-refractivity contribution in [3.05, 3.63) is 86.3 Å². The van der Waals surface area contributed by atoms with Gasteiger partial charge in [-0.05, 0) is 48.3 Å². The Morgan fingerprint density at radius 1 is 1.19 bits per heavy atom. The third-order valence-electron chi connectivity index (χ3n) is 3.77. The number of carbonyl (C=O) groups is 1. The van der Waals surface area contributed by atoms with E-state index in [0.717, 1.165) is 18.2 Å². The minimum Gasteiger partial charge on any atom is -0.487 e. The van der Waals surface area contributed by atoms with Crippen molar-refractivity contribution in [3.8, 4) is 5.75 Å². The number of pyridine rings is 1. The van der Waals surface area contributed by atoms with Crippen LogP contribution in [0, 0.1) is 18.6 Å². The van der Waals surface area contributed by atoms with Crippen LogP contribution in [0.3, 0.4) is 0 Å². The van der Waals surface area contributed by atoms with Gasteiger partial charge in [0.25, 0.3) is 5.56 Å². The Morgan fingerprint density at radius 2 is 1.84 bits per heavy atom. The first-order valence-corrected chi connectivity index (χ1v) is 10.5. The third-order valence-corrected chi connectivity index (χ3v) is 4.50. The van der Waals surface area contributed by atoms with Crippen LogP contribution >= 0.6 is 15.9 Å². The number of allylic oxidation sites excluding steroid dienone is 4. The average Bonchev–Trinajstić information content (AvgIpc) is 2.74. The van der Waals surface area contributed by atoms with Crippen molar-refractivity contribution in [2.24, 2.45) is 5.73 Å². The van der Waals surface area contributed by atoms with Gasteiger partial charge in [-0.25, -0.2) is 8.78 Å². The molecule has 5 nitrogen and oxygen atoms in total. The highest BCUT2D eigenvalue weighted by molar-refractivity contribution is 9.10. The molecule has 2 rings (SSSR count). The first-order chi connectivity index (χ1) is 14.8. The lowest BCUT2D eigenvalue weighted by Gasteiger charge is -2.14. The van der Waals surface area contributed by atoms with Crippen molar-refractivity contribution >= 4 is 22.3 Å². The van der Waals surface area contributed by atoms with Gasteiger partial charge >= 0.3 is 0 Å². The van der Waals surface area contributed by atoms with Gasteiger partial charge in [-0.3, -0.25) is 9.59 Å². The van der Waals surface area contributed by atoms with Gasteiger partial charge in [-0.1, -0.05) is 38.2 Å². The number of nitrogens with two attached hydrogens (primary N) is 1. The molecule has 1 aromatic carbocycles. The van der Waals surface area contributed by atoms with Gasteiger partial charge in [0.15, 0.2) is 0 Å². The van der Waals surface area contributed by atoms with E-state index in [9.17, 15) is 13.6 Å². The van der Waals surface area contributed by atoms with Crippen molar-refractivity contribution in [3.63, 3.8) is 0 Å². The van der Waals surface area contributed by atoms with E-state index in [4.69, 9.17) is 9.53 Å². The molecule has 0 saturated heterocycles. The first-order valence-electron chi connectivity index (χ1n) is 9.75. The number of benzene rings is 1. The molecule has 1 heterocycles. The van der Waals surface area contributed by atoms with E-state index in [1.807, 2.05) is 52.0 Å². The number of hydrogen-bond donors (Lipinski definition) is 1. The highest BCUT2D eigenvalue weighted by atomic mass is 79.9. The topological polar surface area (TPSA) is 74.3 Å². The van der Waals surface area contributed by atoms with Gasteiger partial charge in [-0.15, -0.1) is 0 Å². The maximum absolute atomic E-state index is 13.7. The van der Waals surface area contributed by atoms with Crippen molar-refractivity contribution in [1.29, 1.82) is 0 Å². The van der Waals surface area contributed by atoms with Gasteiger partial charge in [-0.2, -0.15) is 0 Å². The van der Waals surface area contributed by atoms with Crippen LogP contribution in [0.1, 0.15) is 38.4 Å². The average molecular weight is 499 g/mol. The molecular formula is C23H29BrF2N2O3. The van der Waals surface area contributed by atoms with Crippen LogP contribution < -0.4 is 16.0 Å². The molecule has 0 radical (unpaired) electrons. The summed E-state index contributed by atoms with van der Waals surface area (Å²) in [5.41, 5.74) is 4.92. The summed E-state index contributed by atoms with van der Waals surface area (Å²) in [6.45, 7) is 8.20. The maximum atomic E-state index is 13.7. The zero-order valence-electron chi connectivity index (χ0n) is 18.2. The monoisotopic (exact) mass is 498 g/mol. The van der Waals surface area contributed by atoms with E-state index < -0.39 is 11.6 Å². The van der Waals surface area contributed by atoms with E-state index in [2.05, 4.69) is 21.7 Å². The summed E-state index contributed by atoms with van der Waals surface area (Å²) < 4.78 is 34.2. The Bertz CT molecular complexity index is 941. The molecule has 0 aliphatic rings. The van der Waals surface area contributed by atoms with Gasteiger partial charge in [0, 0.05) is 29.9 Å². The summed E-state index contributed by atoms with van der Waals surface area (Å²) >= 11 is 3.26. The number of hydrogen-bond acceptors (Lipinski definition) is 3. The highest BCUT2D eigenvalue weighted by Crippen LogP contribution is 2.24. The van der Waals surface area contributed by atoms with Crippen LogP contribution in [0.2, 0.25) is 0 Å². The SMILES string of the molecule is C/C=C\C=C/CCn1c(C)cc(OCc2ccc(F)cc2F)c(Br)c1=O.CC.NC=O. The van der Waals surface area contributed by atoms with Crippen LogP contribution in [0.15, 0.2) is 57.8 Å². The Labute approximate surface area is 190 Å². The lowest BCUT2D eigenvalue weighted by atomic mass is 10.2. The normalized spacial score (nSPS) is 10.3. The molecule has 170 valence electrons. The van der Waals surface area contributed by atoms with E-state index in [-0.39, 0.29) is 28.6 Å². The van der Waals surface area contributed by atoms with Crippen LogP contribution in [0.25, 0.3) is 0 Å². The number of ether oxygens (including phenoxy) is 1. The molecule has 8 heteroatoms. The zero-order chi connectivity index (χ0) is 23.8. The van der Waals surface area contributed by atoms with Crippen molar-refractivity contribution in [2.45, 2.75) is 47.3 Å². The number of carbonyl (C=O) groups excluding carboxylic acids is 1. The number of aromatic nitrogens is 1. The molecule has 0 spiro atoms. The predicted molar refractivity (Wildman–Crippen MR) is 124 cm³/mol. The molecule has 0 unspecified atom stereocenters. The second-order valence-corrected chi connectivity index (χ2v) is 6.62. The fourth-order valence-electron chi connectivity index (χ4n) is 2.38. The summed E-state index contributed by atoms with van der Waals surface area (Å²) in [6.07, 6.45) is 8.75. The highest BCUT2D eigenvalue weighted by Gasteiger charge is 2.13. The molecule has 2 N–H and O–H groups in total. The summed E-state index contributed by atoms with van der Waals surface area (Å²) in [5.74, 6) is -0.995. The summed E-state index contributed by atoms with van der Waals surface area (Å²) in [5, 5.41) is 0. The molecule has 0 atom stereocenters. The van der Waals surface area contributed by atoms with Crippen LogP contribution in [0.4, 0.5) is 8.78 Å². The van der Waals surface area contributed by atoms with E-state index in [1.165, 1.54) is 12.1 Å². The third kappa shape index (κ3) is 9.74. The van der Waals surface area contributed by atoms with Crippen LogP contribution in [0.5, 0.6) is 5.75 Å². The largest absolute Gasteiger partial charge is 0.487 e. The molecular weight excluding hydrogens is 470 g/mol. The summed E-state index contributed by atoms with van der Waals surface area (Å²) in [4.78, 5) is 21.1. The lowest BCUT2D eigenvalue weighted by Crippen LogP contribution is -2.23. The van der Waals surface area contributed by atoms with Crippen LogP contribution in [-0.4, -0.2) is 11.0 Å². The molecule has 31 heavy (non-hydrogen) atoms. The zero-order valence-corrected chi connectivity index (χ0v) is 19.8. The quantitative estimate of drug-likeness (QED) is 0.408. The minimum absolute atomic E-state index is 0.0975. The standard InChI is InChI=1S/C20H20BrF2NO2.C2H6.CH3NO/c1-3-4-5-6-7-10-24-14(2)11-18(19(21)20(24)25)26-13-15-8-9-16(22)12-17(15)23;1-2;2-1-3/h3-6,8-9,11-12H,7,10,13H2,1-2H3;1-2H3;1H,(H2,2,3)/b4-3-,6-5-;;. The van der Waals surface area contributed by atoms with E-state index in [0.29, 0.717) is 12.3 Å². The maximum Gasteiger partial charge on any atom is 0.268 e. The summed E-state index contributed by atoms with van der Waals surface area (Å²) in [7, 11) is 0. The number of rotatable bonds is 7.